The first-order valence-corrected chi connectivity index (χ1v) is 11.0. The molecule has 2 aromatic carbocycles. The van der Waals surface area contributed by atoms with Crippen LogP contribution in [0.15, 0.2) is 47.4 Å². The van der Waals surface area contributed by atoms with E-state index in [4.69, 9.17) is 9.47 Å². The molecule has 0 aromatic heterocycles. The summed E-state index contributed by atoms with van der Waals surface area (Å²) in [6.07, 6.45) is 3.00. The molecule has 0 spiro atoms. The van der Waals surface area contributed by atoms with Gasteiger partial charge in [0, 0.05) is 24.8 Å². The fraction of sp³-hybridized carbons (Fsp3) is 0.381. The van der Waals surface area contributed by atoms with Gasteiger partial charge in [-0.15, -0.1) is 0 Å². The number of sulfonamides is 1. The normalized spacial score (nSPS) is 15.0. The van der Waals surface area contributed by atoms with Gasteiger partial charge in [0.25, 0.3) is 0 Å². The number of ether oxygens (including phenoxy) is 2. The topological polar surface area (TPSA) is 84.9 Å². The second kappa shape index (κ2) is 9.28. The smallest absolute Gasteiger partial charge is 0.243 e. The molecule has 1 aliphatic rings. The lowest BCUT2D eigenvalue weighted by Crippen LogP contribution is -2.35. The Labute approximate surface area is 171 Å². The van der Waals surface area contributed by atoms with Crippen LogP contribution >= 0.6 is 0 Å². The summed E-state index contributed by atoms with van der Waals surface area (Å²) in [4.78, 5) is 12.6. The first-order valence-electron chi connectivity index (χ1n) is 9.55. The number of nitrogens with one attached hydrogen (secondary N) is 1. The van der Waals surface area contributed by atoms with Gasteiger partial charge in [-0.1, -0.05) is 18.6 Å². The summed E-state index contributed by atoms with van der Waals surface area (Å²) in [6.45, 7) is 1.13. The second-order valence-electron chi connectivity index (χ2n) is 6.90. The molecule has 1 heterocycles. The fourth-order valence-corrected chi connectivity index (χ4v) is 4.86. The van der Waals surface area contributed by atoms with Gasteiger partial charge < -0.3 is 14.8 Å². The average Bonchev–Trinajstić information content (AvgIpc) is 2.74. The number of hydrogen-bond donors (Lipinski definition) is 1. The van der Waals surface area contributed by atoms with Gasteiger partial charge in [-0.05, 0) is 42.7 Å². The van der Waals surface area contributed by atoms with E-state index in [2.05, 4.69) is 5.32 Å². The van der Waals surface area contributed by atoms with Crippen LogP contribution in [-0.4, -0.2) is 45.9 Å². The van der Waals surface area contributed by atoms with Gasteiger partial charge in [0.15, 0.2) is 11.5 Å². The Kier molecular flexibility index (Phi) is 6.76. The molecule has 0 saturated carbocycles. The van der Waals surface area contributed by atoms with Crippen LogP contribution in [0.1, 0.15) is 24.8 Å². The summed E-state index contributed by atoms with van der Waals surface area (Å²) >= 11 is 0. The molecule has 7 nitrogen and oxygen atoms in total. The highest BCUT2D eigenvalue weighted by Crippen LogP contribution is 2.29. The van der Waals surface area contributed by atoms with Crippen LogP contribution in [0, 0.1) is 0 Å². The van der Waals surface area contributed by atoms with Crippen LogP contribution in [0.3, 0.4) is 0 Å². The monoisotopic (exact) mass is 418 g/mol. The predicted octanol–water partition coefficient (Wildman–Crippen LogP) is 3.06. The van der Waals surface area contributed by atoms with Gasteiger partial charge in [0.1, 0.15) is 0 Å². The van der Waals surface area contributed by atoms with Gasteiger partial charge >= 0.3 is 0 Å². The highest BCUT2D eigenvalue weighted by atomic mass is 32.2. The van der Waals surface area contributed by atoms with E-state index in [0.29, 0.717) is 30.3 Å². The van der Waals surface area contributed by atoms with E-state index in [0.717, 1.165) is 24.8 Å². The van der Waals surface area contributed by atoms with E-state index in [1.807, 2.05) is 0 Å². The van der Waals surface area contributed by atoms with E-state index in [1.54, 1.807) is 49.6 Å². The third kappa shape index (κ3) is 5.07. The van der Waals surface area contributed by atoms with Crippen molar-refractivity contribution in [2.75, 3.05) is 32.6 Å². The minimum absolute atomic E-state index is 0.137. The van der Waals surface area contributed by atoms with Crippen molar-refractivity contribution in [3.8, 4) is 11.5 Å². The van der Waals surface area contributed by atoms with Gasteiger partial charge in [0.2, 0.25) is 15.9 Å². The number of hydrogen-bond acceptors (Lipinski definition) is 5. The van der Waals surface area contributed by atoms with Crippen molar-refractivity contribution in [1.82, 2.24) is 4.31 Å². The zero-order chi connectivity index (χ0) is 20.9. The van der Waals surface area contributed by atoms with Gasteiger partial charge in [-0.3, -0.25) is 4.79 Å². The van der Waals surface area contributed by atoms with Gasteiger partial charge in [-0.2, -0.15) is 4.31 Å². The van der Waals surface area contributed by atoms with Crippen molar-refractivity contribution >= 4 is 21.6 Å². The number of carbonyl (C=O) groups excluding carboxylic acids is 1. The molecule has 0 unspecified atom stereocenters. The fourth-order valence-electron chi connectivity index (χ4n) is 3.34. The number of piperidine rings is 1. The first kappa shape index (κ1) is 21.1. The lowest BCUT2D eigenvalue weighted by Gasteiger charge is -2.25. The number of carbonyl (C=O) groups is 1. The van der Waals surface area contributed by atoms with Crippen LogP contribution in [0.25, 0.3) is 0 Å². The number of nitrogens with zero attached hydrogens (tertiary/aromatic N) is 1. The Bertz CT molecular complexity index is 952. The maximum Gasteiger partial charge on any atom is 0.243 e. The minimum Gasteiger partial charge on any atom is -0.493 e. The Balaban J connectivity index is 1.64. The third-order valence-corrected chi connectivity index (χ3v) is 6.82. The van der Waals surface area contributed by atoms with Crippen LogP contribution in [0.5, 0.6) is 11.5 Å². The molecule has 0 bridgehead atoms. The van der Waals surface area contributed by atoms with E-state index in [9.17, 15) is 13.2 Å². The summed E-state index contributed by atoms with van der Waals surface area (Å²) in [6, 6.07) is 11.6. The van der Waals surface area contributed by atoms with Crippen molar-refractivity contribution in [3.05, 3.63) is 48.0 Å². The maximum atomic E-state index is 12.7. The Hall–Kier alpha value is -2.58. The third-order valence-electron chi connectivity index (χ3n) is 4.91. The summed E-state index contributed by atoms with van der Waals surface area (Å²) < 4.78 is 37.4. The highest BCUT2D eigenvalue weighted by molar-refractivity contribution is 7.89. The lowest BCUT2D eigenvalue weighted by molar-refractivity contribution is -0.115. The van der Waals surface area contributed by atoms with Crippen LogP contribution in [0.2, 0.25) is 0 Å². The number of rotatable bonds is 7. The molecular weight excluding hydrogens is 392 g/mol. The molecule has 0 radical (unpaired) electrons. The molecule has 1 saturated heterocycles. The van der Waals surface area contributed by atoms with Crippen LogP contribution < -0.4 is 14.8 Å². The zero-order valence-electron chi connectivity index (χ0n) is 16.7. The van der Waals surface area contributed by atoms with Crippen LogP contribution in [0.4, 0.5) is 5.69 Å². The highest BCUT2D eigenvalue weighted by Gasteiger charge is 2.25. The van der Waals surface area contributed by atoms with Crippen LogP contribution in [-0.2, 0) is 21.2 Å². The molecule has 156 valence electrons. The maximum absolute atomic E-state index is 12.7. The number of anilines is 1. The standard InChI is InChI=1S/C21H26N2O5S/c1-27-19-11-8-17(15-20(19)28-2)22-21(24)14-16-6-9-18(10-7-16)29(25,26)23-12-4-3-5-13-23/h6-11,15H,3-5,12-14H2,1-2H3,(H,22,24). The molecule has 0 aliphatic carbocycles. The minimum atomic E-state index is -3.46. The van der Waals surface area contributed by atoms with E-state index < -0.39 is 10.0 Å². The Morgan fingerprint density at radius 3 is 2.24 bits per heavy atom. The van der Waals surface area contributed by atoms with Crippen molar-refractivity contribution in [1.29, 1.82) is 0 Å². The Morgan fingerprint density at radius 1 is 0.966 bits per heavy atom. The van der Waals surface area contributed by atoms with Gasteiger partial charge in [0.05, 0.1) is 25.5 Å². The molecular formula is C21H26N2O5S. The molecule has 1 amide bonds. The summed E-state index contributed by atoms with van der Waals surface area (Å²) in [5.41, 5.74) is 1.33. The van der Waals surface area contributed by atoms with Crippen molar-refractivity contribution in [2.45, 2.75) is 30.6 Å². The summed E-state index contributed by atoms with van der Waals surface area (Å²) in [5, 5.41) is 2.81. The van der Waals surface area contributed by atoms with Crippen molar-refractivity contribution in [3.63, 3.8) is 0 Å². The van der Waals surface area contributed by atoms with E-state index in [1.165, 1.54) is 11.4 Å². The van der Waals surface area contributed by atoms with E-state index in [-0.39, 0.29) is 17.2 Å². The molecule has 2 aromatic rings. The second-order valence-corrected chi connectivity index (χ2v) is 8.84. The van der Waals surface area contributed by atoms with Crippen molar-refractivity contribution < 1.29 is 22.7 Å². The van der Waals surface area contributed by atoms with E-state index >= 15 is 0 Å². The summed E-state index contributed by atoms with van der Waals surface area (Å²) in [7, 11) is -0.386. The van der Waals surface area contributed by atoms with Crippen molar-refractivity contribution in [2.24, 2.45) is 0 Å². The lowest BCUT2D eigenvalue weighted by atomic mass is 10.1. The summed E-state index contributed by atoms with van der Waals surface area (Å²) in [5.74, 6) is 0.900. The number of amides is 1. The molecule has 1 N–H and O–H groups in total. The zero-order valence-corrected chi connectivity index (χ0v) is 17.5. The molecule has 3 rings (SSSR count). The predicted molar refractivity (Wildman–Crippen MR) is 111 cm³/mol. The molecule has 0 atom stereocenters. The average molecular weight is 419 g/mol. The largest absolute Gasteiger partial charge is 0.493 e. The first-order chi connectivity index (χ1) is 13.9. The number of methoxy groups -OCH3 is 2. The molecule has 29 heavy (non-hydrogen) atoms. The quantitative estimate of drug-likeness (QED) is 0.747. The molecule has 8 heteroatoms. The Morgan fingerprint density at radius 2 is 1.62 bits per heavy atom. The molecule has 1 aliphatic heterocycles. The van der Waals surface area contributed by atoms with Gasteiger partial charge in [-0.25, -0.2) is 8.42 Å². The number of benzene rings is 2. The SMILES string of the molecule is COc1ccc(NC(=O)Cc2ccc(S(=O)(=O)N3CCCCC3)cc2)cc1OC. The molecule has 1 fully saturated rings.